The second-order valence-corrected chi connectivity index (χ2v) is 3.63. The van der Waals surface area contributed by atoms with Gasteiger partial charge in [0, 0.05) is 11.6 Å². The van der Waals surface area contributed by atoms with Crippen LogP contribution in [0.4, 0.5) is 0 Å². The number of carbonyl (C=O) groups is 1. The molecule has 0 bridgehead atoms. The first-order valence-corrected chi connectivity index (χ1v) is 5.19. The summed E-state index contributed by atoms with van der Waals surface area (Å²) in [6.45, 7) is 3.89. The zero-order valence-corrected chi connectivity index (χ0v) is 9.65. The number of ether oxygens (including phenoxy) is 1. The van der Waals surface area contributed by atoms with Gasteiger partial charge in [-0.25, -0.2) is 14.3 Å². The van der Waals surface area contributed by atoms with Crippen molar-refractivity contribution >= 4 is 23.2 Å². The molecule has 16 heavy (non-hydrogen) atoms. The van der Waals surface area contributed by atoms with E-state index in [1.165, 1.54) is 10.6 Å². The van der Waals surface area contributed by atoms with Crippen LogP contribution in [0.15, 0.2) is 12.3 Å². The zero-order chi connectivity index (χ0) is 11.7. The van der Waals surface area contributed by atoms with Crippen molar-refractivity contribution in [3.8, 4) is 0 Å². The average molecular weight is 240 g/mol. The largest absolute Gasteiger partial charge is 0.461 e. The van der Waals surface area contributed by atoms with E-state index in [4.69, 9.17) is 16.3 Å². The van der Waals surface area contributed by atoms with E-state index in [1.54, 1.807) is 13.1 Å². The van der Waals surface area contributed by atoms with E-state index < -0.39 is 5.97 Å². The van der Waals surface area contributed by atoms with E-state index in [9.17, 15) is 4.79 Å². The fraction of sp³-hybridized carbons (Fsp3) is 0.300. The van der Waals surface area contributed by atoms with Crippen LogP contribution in [0.2, 0.25) is 5.15 Å². The summed E-state index contributed by atoms with van der Waals surface area (Å²) in [6, 6.07) is 1.44. The number of fused-ring (bicyclic) bond motifs is 1. The van der Waals surface area contributed by atoms with Crippen molar-refractivity contribution in [1.29, 1.82) is 0 Å². The van der Waals surface area contributed by atoms with Gasteiger partial charge in [0.2, 0.25) is 0 Å². The molecule has 2 aromatic rings. The lowest BCUT2D eigenvalue weighted by Gasteiger charge is -2.03. The molecule has 5 nitrogen and oxygen atoms in total. The predicted molar refractivity (Wildman–Crippen MR) is 58.7 cm³/mol. The van der Waals surface area contributed by atoms with Gasteiger partial charge >= 0.3 is 5.97 Å². The van der Waals surface area contributed by atoms with Crippen LogP contribution >= 0.6 is 11.6 Å². The maximum atomic E-state index is 11.5. The van der Waals surface area contributed by atoms with Crippen molar-refractivity contribution in [1.82, 2.24) is 14.6 Å². The molecule has 0 fully saturated rings. The lowest BCUT2D eigenvalue weighted by atomic mass is 10.3. The van der Waals surface area contributed by atoms with Crippen molar-refractivity contribution < 1.29 is 9.53 Å². The number of hydrogen-bond donors (Lipinski definition) is 0. The fourth-order valence-corrected chi connectivity index (χ4v) is 1.57. The van der Waals surface area contributed by atoms with Gasteiger partial charge in [-0.2, -0.15) is 5.10 Å². The molecule has 0 radical (unpaired) electrons. The van der Waals surface area contributed by atoms with Gasteiger partial charge in [0.05, 0.1) is 12.8 Å². The highest BCUT2D eigenvalue weighted by Crippen LogP contribution is 2.15. The fourth-order valence-electron chi connectivity index (χ4n) is 1.35. The van der Waals surface area contributed by atoms with Crippen molar-refractivity contribution in [2.75, 3.05) is 6.61 Å². The Kier molecular flexibility index (Phi) is 2.78. The molecule has 0 amide bonds. The van der Waals surface area contributed by atoms with Crippen LogP contribution < -0.4 is 0 Å². The van der Waals surface area contributed by atoms with E-state index in [1.807, 2.05) is 6.92 Å². The molecule has 0 aliphatic carbocycles. The summed E-state index contributed by atoms with van der Waals surface area (Å²) < 4.78 is 6.33. The minimum atomic E-state index is -0.479. The van der Waals surface area contributed by atoms with E-state index in [0.29, 0.717) is 17.4 Å². The molecule has 2 heterocycles. The molecule has 0 atom stereocenters. The van der Waals surface area contributed by atoms with Crippen LogP contribution in [0.5, 0.6) is 0 Å². The third-order valence-electron chi connectivity index (χ3n) is 2.09. The van der Waals surface area contributed by atoms with Crippen LogP contribution in [-0.4, -0.2) is 27.2 Å². The molecule has 2 rings (SSSR count). The first-order valence-electron chi connectivity index (χ1n) is 4.81. The number of aryl methyl sites for hydroxylation is 1. The molecule has 0 aliphatic heterocycles. The van der Waals surface area contributed by atoms with Crippen LogP contribution in [0.1, 0.15) is 23.0 Å². The highest BCUT2D eigenvalue weighted by atomic mass is 35.5. The first kappa shape index (κ1) is 10.9. The van der Waals surface area contributed by atoms with Gasteiger partial charge in [0.25, 0.3) is 0 Å². The molecule has 0 saturated carbocycles. The molecule has 84 valence electrons. The highest BCUT2D eigenvalue weighted by Gasteiger charge is 2.13. The summed E-state index contributed by atoms with van der Waals surface area (Å²) in [4.78, 5) is 15.7. The van der Waals surface area contributed by atoms with Crippen LogP contribution in [0, 0.1) is 6.92 Å². The Hall–Kier alpha value is -1.62. The van der Waals surface area contributed by atoms with Gasteiger partial charge < -0.3 is 4.74 Å². The van der Waals surface area contributed by atoms with Gasteiger partial charge in [-0.15, -0.1) is 0 Å². The van der Waals surface area contributed by atoms with Crippen molar-refractivity contribution in [3.63, 3.8) is 0 Å². The standard InChI is InChI=1S/C10H10ClN3O2/c1-3-16-10(15)7-4-8(11)14-9(13-7)6(2)5-12-14/h4-5H,3H2,1-2H3. The molecule has 0 saturated heterocycles. The van der Waals surface area contributed by atoms with Crippen molar-refractivity contribution in [2.45, 2.75) is 13.8 Å². The van der Waals surface area contributed by atoms with Crippen LogP contribution in [0.3, 0.4) is 0 Å². The lowest BCUT2D eigenvalue weighted by Crippen LogP contribution is -2.09. The minimum absolute atomic E-state index is 0.197. The monoisotopic (exact) mass is 239 g/mol. The summed E-state index contributed by atoms with van der Waals surface area (Å²) in [6.07, 6.45) is 1.64. The second kappa shape index (κ2) is 4.09. The SMILES string of the molecule is CCOC(=O)c1cc(Cl)n2ncc(C)c2n1. The smallest absolute Gasteiger partial charge is 0.357 e. The molecular weight excluding hydrogens is 230 g/mol. The third-order valence-corrected chi connectivity index (χ3v) is 2.36. The maximum absolute atomic E-state index is 11.5. The number of aromatic nitrogens is 3. The molecule has 0 aliphatic rings. The summed E-state index contributed by atoms with van der Waals surface area (Å²) in [7, 11) is 0. The lowest BCUT2D eigenvalue weighted by molar-refractivity contribution is 0.0519. The topological polar surface area (TPSA) is 56.5 Å². The van der Waals surface area contributed by atoms with Crippen molar-refractivity contribution in [2.24, 2.45) is 0 Å². The molecular formula is C10H10ClN3O2. The van der Waals surface area contributed by atoms with Crippen LogP contribution in [0.25, 0.3) is 5.65 Å². The zero-order valence-electron chi connectivity index (χ0n) is 8.90. The van der Waals surface area contributed by atoms with Gasteiger partial charge in [-0.05, 0) is 13.8 Å². The number of hydrogen-bond acceptors (Lipinski definition) is 4. The Balaban J connectivity index is 2.56. The van der Waals surface area contributed by atoms with E-state index >= 15 is 0 Å². The minimum Gasteiger partial charge on any atom is -0.461 e. The maximum Gasteiger partial charge on any atom is 0.357 e. The van der Waals surface area contributed by atoms with E-state index in [2.05, 4.69) is 10.1 Å². The Bertz CT molecular complexity index is 550. The highest BCUT2D eigenvalue weighted by molar-refractivity contribution is 6.30. The normalized spacial score (nSPS) is 10.7. The number of nitrogens with zero attached hydrogens (tertiary/aromatic N) is 3. The van der Waals surface area contributed by atoms with Gasteiger partial charge in [0.1, 0.15) is 5.15 Å². The summed E-state index contributed by atoms with van der Waals surface area (Å²) >= 11 is 5.97. The molecule has 6 heteroatoms. The van der Waals surface area contributed by atoms with Gasteiger partial charge in [-0.1, -0.05) is 11.6 Å². The van der Waals surface area contributed by atoms with E-state index in [-0.39, 0.29) is 5.69 Å². The second-order valence-electron chi connectivity index (χ2n) is 3.25. The quantitative estimate of drug-likeness (QED) is 0.593. The summed E-state index contributed by atoms with van der Waals surface area (Å²) in [5.74, 6) is -0.479. The summed E-state index contributed by atoms with van der Waals surface area (Å²) in [5.41, 5.74) is 1.62. The van der Waals surface area contributed by atoms with Gasteiger partial charge in [0.15, 0.2) is 11.3 Å². The van der Waals surface area contributed by atoms with E-state index in [0.717, 1.165) is 5.56 Å². The molecule has 0 N–H and O–H groups in total. The van der Waals surface area contributed by atoms with Crippen LogP contribution in [-0.2, 0) is 4.74 Å². The number of halogens is 1. The first-order chi connectivity index (χ1) is 7.63. The molecule has 0 unspecified atom stereocenters. The predicted octanol–water partition coefficient (Wildman–Crippen LogP) is 1.87. The number of rotatable bonds is 2. The Morgan fingerprint density at radius 1 is 1.62 bits per heavy atom. The summed E-state index contributed by atoms with van der Waals surface area (Å²) in [5, 5.41) is 4.37. The Morgan fingerprint density at radius 3 is 3.06 bits per heavy atom. The number of carbonyl (C=O) groups excluding carboxylic acids is 1. The third kappa shape index (κ3) is 1.74. The number of esters is 1. The van der Waals surface area contributed by atoms with Crippen molar-refractivity contribution in [3.05, 3.63) is 28.7 Å². The Morgan fingerprint density at radius 2 is 2.38 bits per heavy atom. The molecule has 2 aromatic heterocycles. The Labute approximate surface area is 97.0 Å². The van der Waals surface area contributed by atoms with Gasteiger partial charge in [-0.3, -0.25) is 0 Å². The molecule has 0 spiro atoms. The average Bonchev–Trinajstić information content (AvgIpc) is 2.61. The molecule has 0 aromatic carbocycles.